The van der Waals surface area contributed by atoms with Crippen LogP contribution in [-0.2, 0) is 13.0 Å². The molecule has 0 aliphatic carbocycles. The molecule has 0 spiro atoms. The Bertz CT molecular complexity index is 1240. The fourth-order valence-corrected chi connectivity index (χ4v) is 5.25. The van der Waals surface area contributed by atoms with Gasteiger partial charge in [0.25, 0.3) is 17.4 Å². The number of pyridine rings is 1. The zero-order valence-electron chi connectivity index (χ0n) is 17.7. The van der Waals surface area contributed by atoms with Crippen molar-refractivity contribution in [3.8, 4) is 0 Å². The molecule has 5 rings (SSSR count). The summed E-state index contributed by atoms with van der Waals surface area (Å²) in [6.45, 7) is 3.33. The van der Waals surface area contributed by atoms with Crippen molar-refractivity contribution in [2.24, 2.45) is 0 Å². The molecule has 8 nitrogen and oxygen atoms in total. The predicted octanol–water partition coefficient (Wildman–Crippen LogP) is 2.71. The van der Waals surface area contributed by atoms with Crippen LogP contribution in [0.3, 0.4) is 0 Å². The van der Waals surface area contributed by atoms with Gasteiger partial charge < -0.3 is 14.8 Å². The Kier molecular flexibility index (Phi) is 5.34. The molecule has 1 atom stereocenters. The molecule has 0 saturated carbocycles. The lowest BCUT2D eigenvalue weighted by molar-refractivity contribution is 0.0714. The zero-order valence-corrected chi connectivity index (χ0v) is 18.5. The largest absolute Gasteiger partial charge is 0.333 e. The van der Waals surface area contributed by atoms with Gasteiger partial charge in [-0.25, -0.2) is 4.98 Å². The monoisotopic (exact) mass is 449 g/mol. The summed E-state index contributed by atoms with van der Waals surface area (Å²) in [5.74, 6) is 0.306. The molecule has 9 heteroatoms. The number of aromatic nitrogens is 3. The summed E-state index contributed by atoms with van der Waals surface area (Å²) < 4.78 is 0. The maximum absolute atomic E-state index is 13.0. The van der Waals surface area contributed by atoms with Crippen molar-refractivity contribution in [2.75, 3.05) is 13.1 Å². The number of aryl methyl sites for hydroxylation is 1. The molecule has 5 heterocycles. The number of amides is 2. The van der Waals surface area contributed by atoms with E-state index in [1.165, 1.54) is 11.3 Å². The topological polar surface area (TPSA) is 99.3 Å². The number of thiophene rings is 1. The Morgan fingerprint density at radius 3 is 2.78 bits per heavy atom. The van der Waals surface area contributed by atoms with Crippen LogP contribution in [0.25, 0.3) is 0 Å². The summed E-state index contributed by atoms with van der Waals surface area (Å²) in [5.41, 5.74) is 1.40. The van der Waals surface area contributed by atoms with Gasteiger partial charge in [0.15, 0.2) is 0 Å². The highest BCUT2D eigenvalue weighted by Gasteiger charge is 2.34. The highest BCUT2D eigenvalue weighted by molar-refractivity contribution is 7.13. The molecule has 2 aliphatic heterocycles. The summed E-state index contributed by atoms with van der Waals surface area (Å²) in [7, 11) is 0. The summed E-state index contributed by atoms with van der Waals surface area (Å²) in [6, 6.07) is 8.73. The molecular formula is C23H23N5O3S. The number of nitrogens with one attached hydrogen (secondary N) is 1. The second-order valence-corrected chi connectivity index (χ2v) is 9.42. The van der Waals surface area contributed by atoms with Gasteiger partial charge in [-0.1, -0.05) is 6.07 Å². The first-order valence-electron chi connectivity index (χ1n) is 10.7. The first-order chi connectivity index (χ1) is 15.5. The maximum atomic E-state index is 13.0. The first kappa shape index (κ1) is 20.6. The number of likely N-dealkylation sites (tertiary alicyclic amines) is 1. The molecule has 2 amide bonds. The summed E-state index contributed by atoms with van der Waals surface area (Å²) in [6.07, 6.45) is 3.69. The number of carbonyl (C=O) groups excluding carboxylic acids is 2. The Morgan fingerprint density at radius 2 is 2.03 bits per heavy atom. The van der Waals surface area contributed by atoms with E-state index in [0.29, 0.717) is 47.2 Å². The van der Waals surface area contributed by atoms with Gasteiger partial charge in [0, 0.05) is 30.6 Å². The van der Waals surface area contributed by atoms with Gasteiger partial charge in [-0.3, -0.25) is 19.4 Å². The van der Waals surface area contributed by atoms with Gasteiger partial charge in [-0.05, 0) is 44.0 Å². The Hall–Kier alpha value is -3.33. The average molecular weight is 450 g/mol. The molecule has 3 aromatic rings. The Balaban J connectivity index is 1.39. The van der Waals surface area contributed by atoms with Gasteiger partial charge in [-0.2, -0.15) is 0 Å². The molecule has 1 saturated heterocycles. The third-order valence-electron chi connectivity index (χ3n) is 6.04. The number of nitrogens with zero attached hydrogens (tertiary/aromatic N) is 4. The molecule has 0 radical (unpaired) electrons. The van der Waals surface area contributed by atoms with Gasteiger partial charge in [0.2, 0.25) is 0 Å². The standard InChI is InChI=1S/C23H23N5O3S/c1-14-7-8-19(32-14)23(31)27-12-9-16-15(13-27)21(29)26-20(25-16)18-6-4-11-28(18)22(30)17-5-2-3-10-24-17/h2-3,5,7-8,10,18H,4,6,9,11-13H2,1H3,(H,25,26,29). The summed E-state index contributed by atoms with van der Waals surface area (Å²) in [5, 5.41) is 0. The van der Waals surface area contributed by atoms with Crippen molar-refractivity contribution in [3.05, 3.63) is 79.4 Å². The van der Waals surface area contributed by atoms with E-state index in [9.17, 15) is 14.4 Å². The Morgan fingerprint density at radius 1 is 1.16 bits per heavy atom. The third kappa shape index (κ3) is 3.73. The van der Waals surface area contributed by atoms with Crippen LogP contribution in [0.4, 0.5) is 0 Å². The van der Waals surface area contributed by atoms with Crippen LogP contribution in [0, 0.1) is 6.92 Å². The zero-order chi connectivity index (χ0) is 22.2. The van der Waals surface area contributed by atoms with Crippen LogP contribution in [0.5, 0.6) is 0 Å². The fourth-order valence-electron chi connectivity index (χ4n) is 4.41. The van der Waals surface area contributed by atoms with E-state index in [4.69, 9.17) is 4.98 Å². The van der Waals surface area contributed by atoms with Crippen molar-refractivity contribution in [1.82, 2.24) is 24.8 Å². The van der Waals surface area contributed by atoms with Crippen molar-refractivity contribution >= 4 is 23.2 Å². The second-order valence-electron chi connectivity index (χ2n) is 8.13. The van der Waals surface area contributed by atoms with Crippen LogP contribution < -0.4 is 5.56 Å². The maximum Gasteiger partial charge on any atom is 0.273 e. The van der Waals surface area contributed by atoms with Gasteiger partial charge in [-0.15, -0.1) is 11.3 Å². The third-order valence-corrected chi connectivity index (χ3v) is 7.03. The minimum absolute atomic E-state index is 0.0554. The van der Waals surface area contributed by atoms with Crippen LogP contribution >= 0.6 is 11.3 Å². The van der Waals surface area contributed by atoms with E-state index in [1.54, 1.807) is 34.2 Å². The summed E-state index contributed by atoms with van der Waals surface area (Å²) in [4.78, 5) is 55.8. The van der Waals surface area contributed by atoms with Gasteiger partial charge in [0.1, 0.15) is 11.5 Å². The van der Waals surface area contributed by atoms with E-state index < -0.39 is 0 Å². The number of rotatable bonds is 3. The molecular weight excluding hydrogens is 426 g/mol. The highest BCUT2D eigenvalue weighted by atomic mass is 32.1. The number of hydrogen-bond donors (Lipinski definition) is 1. The molecule has 2 aliphatic rings. The van der Waals surface area contributed by atoms with E-state index in [1.807, 2.05) is 19.1 Å². The van der Waals surface area contributed by atoms with E-state index in [-0.39, 0.29) is 30.0 Å². The molecule has 1 unspecified atom stereocenters. The van der Waals surface area contributed by atoms with Crippen LogP contribution in [-0.4, -0.2) is 49.7 Å². The molecule has 0 bridgehead atoms. The lowest BCUT2D eigenvalue weighted by atomic mass is 10.1. The van der Waals surface area contributed by atoms with Gasteiger partial charge >= 0.3 is 0 Å². The van der Waals surface area contributed by atoms with Gasteiger partial charge in [0.05, 0.1) is 28.7 Å². The Labute approximate surface area is 188 Å². The highest BCUT2D eigenvalue weighted by Crippen LogP contribution is 2.31. The quantitative estimate of drug-likeness (QED) is 0.663. The van der Waals surface area contributed by atoms with E-state index >= 15 is 0 Å². The molecule has 1 N–H and O–H groups in total. The van der Waals surface area contributed by atoms with Crippen molar-refractivity contribution < 1.29 is 9.59 Å². The molecule has 3 aromatic heterocycles. The minimum atomic E-state index is -0.281. The normalized spacial score (nSPS) is 18.0. The van der Waals surface area contributed by atoms with Crippen molar-refractivity contribution in [1.29, 1.82) is 0 Å². The fraction of sp³-hybridized carbons (Fsp3) is 0.348. The minimum Gasteiger partial charge on any atom is -0.333 e. The first-order valence-corrected chi connectivity index (χ1v) is 11.5. The molecule has 164 valence electrons. The van der Waals surface area contributed by atoms with Crippen LogP contribution in [0.2, 0.25) is 0 Å². The predicted molar refractivity (Wildman–Crippen MR) is 120 cm³/mol. The molecule has 0 aromatic carbocycles. The summed E-state index contributed by atoms with van der Waals surface area (Å²) >= 11 is 1.46. The number of hydrogen-bond acceptors (Lipinski definition) is 6. The SMILES string of the molecule is Cc1ccc(C(=O)N2CCc3nc(C4CCCN4C(=O)c4ccccn4)[nH]c(=O)c3C2)s1. The van der Waals surface area contributed by atoms with E-state index in [0.717, 1.165) is 17.7 Å². The number of H-pyrrole nitrogens is 1. The van der Waals surface area contributed by atoms with Crippen LogP contribution in [0.15, 0.2) is 41.3 Å². The number of fused-ring (bicyclic) bond motifs is 1. The van der Waals surface area contributed by atoms with Crippen molar-refractivity contribution in [2.45, 2.75) is 38.8 Å². The number of aromatic amines is 1. The van der Waals surface area contributed by atoms with E-state index in [2.05, 4.69) is 9.97 Å². The lowest BCUT2D eigenvalue weighted by Gasteiger charge is -2.29. The second kappa shape index (κ2) is 8.31. The van der Waals surface area contributed by atoms with Crippen molar-refractivity contribution in [3.63, 3.8) is 0 Å². The van der Waals surface area contributed by atoms with Crippen LogP contribution in [0.1, 0.15) is 61.0 Å². The number of carbonyl (C=O) groups is 2. The average Bonchev–Trinajstić information content (AvgIpc) is 3.48. The molecule has 32 heavy (non-hydrogen) atoms. The molecule has 1 fully saturated rings. The smallest absolute Gasteiger partial charge is 0.273 e. The lowest BCUT2D eigenvalue weighted by Crippen LogP contribution is -2.40.